The molecule has 1 aliphatic heterocycles. The number of carbonyl (C=O) groups is 2. The van der Waals surface area contributed by atoms with Gasteiger partial charge in [-0.1, -0.05) is 42.5 Å². The Morgan fingerprint density at radius 1 is 1.06 bits per heavy atom. The number of anilines is 1. The molecule has 3 aromatic rings. The minimum absolute atomic E-state index is 0.0664. The van der Waals surface area contributed by atoms with E-state index in [1.54, 1.807) is 54.6 Å². The van der Waals surface area contributed by atoms with Crippen molar-refractivity contribution < 1.29 is 32.6 Å². The minimum atomic E-state index is -4.52. The number of carboxylic acids is 1. The highest BCUT2D eigenvalue weighted by molar-refractivity contribution is 6.00. The normalized spacial score (nSPS) is 13.9. The number of carbonyl (C=O) groups excluding carboxylic acids is 1. The Bertz CT molecular complexity index is 1250. The fraction of sp³-hybridized carbons (Fsp3) is 0.231. The van der Waals surface area contributed by atoms with Crippen LogP contribution < -0.4 is 15.4 Å². The maximum Gasteiger partial charge on any atom is 0.417 e. The Hall–Kier alpha value is -3.85. The Morgan fingerprint density at radius 3 is 2.49 bits per heavy atom. The first kappa shape index (κ1) is 24.3. The molecule has 3 N–H and O–H groups in total. The molecular formula is C26H23F3N2O4. The second-order valence-corrected chi connectivity index (χ2v) is 8.27. The number of amides is 1. The molecule has 182 valence electrons. The maximum absolute atomic E-state index is 13.7. The highest BCUT2D eigenvalue weighted by Gasteiger charge is 2.34. The van der Waals surface area contributed by atoms with Gasteiger partial charge in [0.25, 0.3) is 0 Å². The van der Waals surface area contributed by atoms with Gasteiger partial charge in [0, 0.05) is 12.2 Å². The first-order valence-electron chi connectivity index (χ1n) is 10.9. The lowest BCUT2D eigenvalue weighted by molar-refractivity contribution is -0.139. The predicted molar refractivity (Wildman–Crippen MR) is 124 cm³/mol. The number of halogens is 3. The second-order valence-electron chi connectivity index (χ2n) is 8.27. The lowest BCUT2D eigenvalue weighted by Gasteiger charge is -2.21. The Labute approximate surface area is 199 Å². The maximum atomic E-state index is 13.7. The molecular weight excluding hydrogens is 461 g/mol. The summed E-state index contributed by atoms with van der Waals surface area (Å²) in [5.74, 6) is -1.17. The number of alkyl halides is 3. The van der Waals surface area contributed by atoms with Crippen molar-refractivity contribution in [2.75, 3.05) is 11.4 Å². The SMILES string of the molecule is N[C@H](CC(=O)O)C(=O)N1CCc2cc(OCc3ccc(-c4ccccc4)c(C(F)(F)F)c3)ccc21. The molecule has 1 amide bonds. The number of ether oxygens (including phenoxy) is 1. The van der Waals surface area contributed by atoms with E-state index in [2.05, 4.69) is 0 Å². The quantitative estimate of drug-likeness (QED) is 0.510. The average molecular weight is 484 g/mol. The minimum Gasteiger partial charge on any atom is -0.489 e. The van der Waals surface area contributed by atoms with Crippen LogP contribution in [0, 0.1) is 0 Å². The van der Waals surface area contributed by atoms with Gasteiger partial charge in [0.1, 0.15) is 12.4 Å². The number of carboxylic acid groups (broad SMARTS) is 1. The summed E-state index contributed by atoms with van der Waals surface area (Å²) in [5.41, 5.74) is 7.36. The van der Waals surface area contributed by atoms with Crippen molar-refractivity contribution in [1.82, 2.24) is 0 Å². The van der Waals surface area contributed by atoms with Crippen LogP contribution in [0.15, 0.2) is 66.7 Å². The number of hydrogen-bond acceptors (Lipinski definition) is 4. The Kier molecular flexibility index (Phi) is 6.79. The molecule has 6 nitrogen and oxygen atoms in total. The number of nitrogens with zero attached hydrogens (tertiary/aromatic N) is 1. The number of hydrogen-bond donors (Lipinski definition) is 2. The summed E-state index contributed by atoms with van der Waals surface area (Å²) in [6.07, 6.45) is -4.46. The molecule has 1 aliphatic rings. The van der Waals surface area contributed by atoms with Crippen LogP contribution in [0.3, 0.4) is 0 Å². The molecule has 1 heterocycles. The van der Waals surface area contributed by atoms with Gasteiger partial charge in [0.2, 0.25) is 5.91 Å². The topological polar surface area (TPSA) is 92.9 Å². The number of benzene rings is 3. The molecule has 0 radical (unpaired) electrons. The monoisotopic (exact) mass is 484 g/mol. The second kappa shape index (κ2) is 9.79. The van der Waals surface area contributed by atoms with E-state index >= 15 is 0 Å². The fourth-order valence-corrected chi connectivity index (χ4v) is 4.12. The zero-order chi connectivity index (χ0) is 25.2. The molecule has 9 heteroatoms. The zero-order valence-electron chi connectivity index (χ0n) is 18.6. The molecule has 0 saturated heterocycles. The molecule has 3 aromatic carbocycles. The van der Waals surface area contributed by atoms with Gasteiger partial charge in [-0.3, -0.25) is 9.59 Å². The standard InChI is InChI=1S/C26H23F3N2O4/c27-26(28,29)21-12-16(6-8-20(21)17-4-2-1-3-5-17)15-35-19-7-9-23-18(13-19)10-11-31(23)25(34)22(30)14-24(32)33/h1-9,12-13,22H,10-11,14-15,30H2,(H,32,33)/t22-/m1/s1. The van der Waals surface area contributed by atoms with Crippen LogP contribution in [0.25, 0.3) is 11.1 Å². The number of nitrogens with two attached hydrogens (primary N) is 1. The third kappa shape index (κ3) is 5.46. The van der Waals surface area contributed by atoms with Gasteiger partial charge in [0.15, 0.2) is 0 Å². The summed E-state index contributed by atoms with van der Waals surface area (Å²) >= 11 is 0. The molecule has 4 rings (SSSR count). The lowest BCUT2D eigenvalue weighted by Crippen LogP contribution is -2.44. The van der Waals surface area contributed by atoms with E-state index in [1.165, 1.54) is 11.0 Å². The first-order chi connectivity index (χ1) is 16.6. The van der Waals surface area contributed by atoms with Crippen molar-refractivity contribution in [1.29, 1.82) is 0 Å². The van der Waals surface area contributed by atoms with Crippen LogP contribution >= 0.6 is 0 Å². The van der Waals surface area contributed by atoms with Crippen molar-refractivity contribution >= 4 is 17.6 Å². The summed E-state index contributed by atoms with van der Waals surface area (Å²) in [6.45, 7) is 0.296. The Balaban J connectivity index is 1.49. The van der Waals surface area contributed by atoms with Gasteiger partial charge >= 0.3 is 12.1 Å². The molecule has 0 unspecified atom stereocenters. The third-order valence-electron chi connectivity index (χ3n) is 5.80. The predicted octanol–water partition coefficient (Wildman–Crippen LogP) is 4.64. The van der Waals surface area contributed by atoms with E-state index in [1.807, 2.05) is 0 Å². The molecule has 0 spiro atoms. The first-order valence-corrected chi connectivity index (χ1v) is 10.9. The summed E-state index contributed by atoms with van der Waals surface area (Å²) < 4.78 is 47.0. The van der Waals surface area contributed by atoms with E-state index in [4.69, 9.17) is 15.6 Å². The van der Waals surface area contributed by atoms with Gasteiger partial charge in [-0.25, -0.2) is 0 Å². The number of fused-ring (bicyclic) bond motifs is 1. The molecule has 0 fully saturated rings. The van der Waals surface area contributed by atoms with Crippen molar-refractivity contribution in [3.63, 3.8) is 0 Å². The largest absolute Gasteiger partial charge is 0.489 e. The highest BCUT2D eigenvalue weighted by Crippen LogP contribution is 2.38. The smallest absolute Gasteiger partial charge is 0.417 e. The number of aliphatic carboxylic acids is 1. The van der Waals surface area contributed by atoms with Crippen LogP contribution in [0.4, 0.5) is 18.9 Å². The van der Waals surface area contributed by atoms with E-state index in [-0.39, 0.29) is 12.2 Å². The summed E-state index contributed by atoms with van der Waals surface area (Å²) in [6, 6.07) is 16.4. The van der Waals surface area contributed by atoms with E-state index < -0.39 is 36.1 Å². The van der Waals surface area contributed by atoms with Crippen molar-refractivity contribution in [3.05, 3.63) is 83.4 Å². The molecule has 0 aliphatic carbocycles. The number of rotatable bonds is 7. The van der Waals surface area contributed by atoms with E-state index in [0.29, 0.717) is 35.5 Å². The average Bonchev–Trinajstić information content (AvgIpc) is 3.25. The Morgan fingerprint density at radius 2 is 1.80 bits per heavy atom. The zero-order valence-corrected chi connectivity index (χ0v) is 18.6. The highest BCUT2D eigenvalue weighted by atomic mass is 19.4. The van der Waals surface area contributed by atoms with E-state index in [0.717, 1.165) is 11.6 Å². The molecule has 0 bridgehead atoms. The molecule has 0 saturated carbocycles. The van der Waals surface area contributed by atoms with Crippen LogP contribution in [0.2, 0.25) is 0 Å². The van der Waals surface area contributed by atoms with Gasteiger partial charge < -0.3 is 20.5 Å². The van der Waals surface area contributed by atoms with Crippen molar-refractivity contribution in [2.24, 2.45) is 5.73 Å². The summed E-state index contributed by atoms with van der Waals surface area (Å²) in [7, 11) is 0. The third-order valence-corrected chi connectivity index (χ3v) is 5.80. The summed E-state index contributed by atoms with van der Waals surface area (Å²) in [5, 5.41) is 8.87. The lowest BCUT2D eigenvalue weighted by atomic mass is 9.97. The van der Waals surface area contributed by atoms with Gasteiger partial charge in [0.05, 0.1) is 18.0 Å². The van der Waals surface area contributed by atoms with Crippen LogP contribution in [0.5, 0.6) is 5.75 Å². The molecule has 0 aromatic heterocycles. The van der Waals surface area contributed by atoms with Gasteiger partial charge in [-0.15, -0.1) is 0 Å². The summed E-state index contributed by atoms with van der Waals surface area (Å²) in [4.78, 5) is 24.8. The van der Waals surface area contributed by atoms with Crippen LogP contribution in [-0.2, 0) is 28.8 Å². The van der Waals surface area contributed by atoms with Gasteiger partial charge in [-0.2, -0.15) is 13.2 Å². The van der Waals surface area contributed by atoms with Crippen molar-refractivity contribution in [2.45, 2.75) is 31.7 Å². The fourth-order valence-electron chi connectivity index (χ4n) is 4.12. The van der Waals surface area contributed by atoms with Gasteiger partial charge in [-0.05, 0) is 52.9 Å². The van der Waals surface area contributed by atoms with Crippen LogP contribution in [0.1, 0.15) is 23.1 Å². The molecule has 35 heavy (non-hydrogen) atoms. The molecule has 1 atom stereocenters. The van der Waals surface area contributed by atoms with Crippen molar-refractivity contribution in [3.8, 4) is 16.9 Å². The van der Waals surface area contributed by atoms with Crippen LogP contribution in [-0.4, -0.2) is 29.6 Å². The van der Waals surface area contributed by atoms with E-state index in [9.17, 15) is 22.8 Å².